The summed E-state index contributed by atoms with van der Waals surface area (Å²) >= 11 is 0. The molecule has 0 bridgehead atoms. The Kier molecular flexibility index (Phi) is 3.99. The SMILES string of the molecule is CC[NH+]1CCN(S(=O)(=O)c2ccc(F)cc2)CC1. The number of quaternary nitrogens is 1. The molecule has 1 aromatic carbocycles. The van der Waals surface area contributed by atoms with Crippen LogP contribution in [0.5, 0.6) is 0 Å². The topological polar surface area (TPSA) is 41.8 Å². The molecule has 0 saturated carbocycles. The minimum atomic E-state index is -3.46. The molecule has 4 nitrogen and oxygen atoms in total. The summed E-state index contributed by atoms with van der Waals surface area (Å²) in [7, 11) is -3.46. The van der Waals surface area contributed by atoms with Crippen molar-refractivity contribution in [1.82, 2.24) is 4.31 Å². The number of benzene rings is 1. The molecule has 1 N–H and O–H groups in total. The first kappa shape index (κ1) is 13.5. The first-order valence-corrected chi connectivity index (χ1v) is 7.57. The van der Waals surface area contributed by atoms with Crippen LogP contribution in [0.15, 0.2) is 29.2 Å². The van der Waals surface area contributed by atoms with E-state index in [1.807, 2.05) is 0 Å². The second-order valence-electron chi connectivity index (χ2n) is 4.46. The Bertz CT molecular complexity index is 493. The third-order valence-corrected chi connectivity index (χ3v) is 5.29. The van der Waals surface area contributed by atoms with E-state index in [1.165, 1.54) is 33.5 Å². The van der Waals surface area contributed by atoms with Gasteiger partial charge in [0.15, 0.2) is 0 Å². The highest BCUT2D eigenvalue weighted by molar-refractivity contribution is 7.89. The highest BCUT2D eigenvalue weighted by atomic mass is 32.2. The molecule has 1 saturated heterocycles. The van der Waals surface area contributed by atoms with Gasteiger partial charge in [-0.25, -0.2) is 12.8 Å². The zero-order valence-corrected chi connectivity index (χ0v) is 11.2. The molecule has 0 aliphatic carbocycles. The maximum Gasteiger partial charge on any atom is 0.243 e. The van der Waals surface area contributed by atoms with Crippen LogP contribution in [0.4, 0.5) is 4.39 Å². The molecule has 0 spiro atoms. The van der Waals surface area contributed by atoms with Gasteiger partial charge in [0.25, 0.3) is 0 Å². The molecule has 1 fully saturated rings. The van der Waals surface area contributed by atoms with Crippen LogP contribution < -0.4 is 4.90 Å². The van der Waals surface area contributed by atoms with E-state index in [1.54, 1.807) is 0 Å². The molecular weight excluding hydrogens is 255 g/mol. The zero-order valence-electron chi connectivity index (χ0n) is 10.4. The number of nitrogens with one attached hydrogen (secondary N) is 1. The van der Waals surface area contributed by atoms with E-state index in [4.69, 9.17) is 0 Å². The molecule has 1 aliphatic rings. The molecule has 0 aromatic heterocycles. The van der Waals surface area contributed by atoms with Gasteiger partial charge in [-0.05, 0) is 31.2 Å². The highest BCUT2D eigenvalue weighted by Gasteiger charge is 2.29. The lowest BCUT2D eigenvalue weighted by atomic mass is 10.3. The Morgan fingerprint density at radius 2 is 1.78 bits per heavy atom. The molecule has 0 radical (unpaired) electrons. The molecule has 1 aromatic rings. The molecule has 6 heteroatoms. The van der Waals surface area contributed by atoms with Crippen LogP contribution in [0, 0.1) is 5.82 Å². The Morgan fingerprint density at radius 3 is 2.28 bits per heavy atom. The number of likely N-dealkylation sites (N-methyl/N-ethyl adjacent to an activating group) is 1. The second kappa shape index (κ2) is 5.34. The number of halogens is 1. The maximum absolute atomic E-state index is 12.8. The van der Waals surface area contributed by atoms with Gasteiger partial charge in [0.1, 0.15) is 5.82 Å². The lowest BCUT2D eigenvalue weighted by molar-refractivity contribution is -0.901. The maximum atomic E-state index is 12.8. The van der Waals surface area contributed by atoms with Gasteiger partial charge in [0.05, 0.1) is 37.6 Å². The van der Waals surface area contributed by atoms with E-state index in [9.17, 15) is 12.8 Å². The number of piperazine rings is 1. The van der Waals surface area contributed by atoms with Gasteiger partial charge in [0.2, 0.25) is 10.0 Å². The number of rotatable bonds is 3. The normalized spacial score (nSPS) is 19.0. The monoisotopic (exact) mass is 273 g/mol. The standard InChI is InChI=1S/C12H17FN2O2S/c1-2-14-7-9-15(10-8-14)18(16,17)12-5-3-11(13)4-6-12/h3-6H,2,7-10H2,1H3/p+1. The van der Waals surface area contributed by atoms with Crippen molar-refractivity contribution in [3.8, 4) is 0 Å². The van der Waals surface area contributed by atoms with Crippen molar-refractivity contribution in [2.24, 2.45) is 0 Å². The summed E-state index contributed by atoms with van der Waals surface area (Å²) in [5.41, 5.74) is 0. The average molecular weight is 273 g/mol. The smallest absolute Gasteiger partial charge is 0.243 e. The van der Waals surface area contributed by atoms with Crippen LogP contribution in [0.1, 0.15) is 6.92 Å². The third kappa shape index (κ3) is 2.71. The van der Waals surface area contributed by atoms with Gasteiger partial charge in [-0.1, -0.05) is 0 Å². The van der Waals surface area contributed by atoms with Crippen LogP contribution >= 0.6 is 0 Å². The van der Waals surface area contributed by atoms with Crippen molar-refractivity contribution in [3.63, 3.8) is 0 Å². The van der Waals surface area contributed by atoms with Crippen molar-refractivity contribution in [2.75, 3.05) is 32.7 Å². The minimum absolute atomic E-state index is 0.170. The first-order chi connectivity index (χ1) is 8.54. The Labute approximate surface area is 107 Å². The van der Waals surface area contributed by atoms with Crippen molar-refractivity contribution < 1.29 is 17.7 Å². The summed E-state index contributed by atoms with van der Waals surface area (Å²) in [5.74, 6) is -0.422. The van der Waals surface area contributed by atoms with E-state index >= 15 is 0 Å². The largest absolute Gasteiger partial charge is 0.333 e. The lowest BCUT2D eigenvalue weighted by Crippen LogP contribution is -3.14. The Hall–Kier alpha value is -0.980. The lowest BCUT2D eigenvalue weighted by Gasteiger charge is -2.30. The van der Waals surface area contributed by atoms with Crippen molar-refractivity contribution in [3.05, 3.63) is 30.1 Å². The van der Waals surface area contributed by atoms with Gasteiger partial charge in [-0.2, -0.15) is 4.31 Å². The van der Waals surface area contributed by atoms with E-state index in [-0.39, 0.29) is 4.90 Å². The van der Waals surface area contributed by atoms with Gasteiger partial charge < -0.3 is 4.90 Å². The predicted molar refractivity (Wildman–Crippen MR) is 66.4 cm³/mol. The van der Waals surface area contributed by atoms with Crippen LogP contribution in [0.2, 0.25) is 0 Å². The summed E-state index contributed by atoms with van der Waals surface area (Å²) in [6.45, 7) is 5.84. The molecule has 18 heavy (non-hydrogen) atoms. The average Bonchev–Trinajstić information content (AvgIpc) is 2.39. The predicted octanol–water partition coefficient (Wildman–Crippen LogP) is -0.265. The molecule has 2 rings (SSSR count). The minimum Gasteiger partial charge on any atom is -0.333 e. The number of sulfonamides is 1. The Morgan fingerprint density at radius 1 is 1.22 bits per heavy atom. The van der Waals surface area contributed by atoms with Crippen LogP contribution in [0.25, 0.3) is 0 Å². The number of nitrogens with zero attached hydrogens (tertiary/aromatic N) is 1. The summed E-state index contributed by atoms with van der Waals surface area (Å²) in [6, 6.07) is 5.01. The third-order valence-electron chi connectivity index (χ3n) is 3.38. The van der Waals surface area contributed by atoms with E-state index < -0.39 is 15.8 Å². The van der Waals surface area contributed by atoms with Crippen molar-refractivity contribution >= 4 is 10.0 Å². The van der Waals surface area contributed by atoms with E-state index in [0.717, 1.165) is 19.6 Å². The van der Waals surface area contributed by atoms with Crippen molar-refractivity contribution in [1.29, 1.82) is 0 Å². The molecule has 100 valence electrons. The molecule has 1 aliphatic heterocycles. The first-order valence-electron chi connectivity index (χ1n) is 6.13. The molecule has 0 amide bonds. The number of hydrogen-bond acceptors (Lipinski definition) is 2. The van der Waals surface area contributed by atoms with Gasteiger partial charge >= 0.3 is 0 Å². The quantitative estimate of drug-likeness (QED) is 0.824. The van der Waals surface area contributed by atoms with Crippen LogP contribution in [-0.4, -0.2) is 45.4 Å². The summed E-state index contributed by atoms with van der Waals surface area (Å²) in [5, 5.41) is 0. The fraction of sp³-hybridized carbons (Fsp3) is 0.500. The zero-order chi connectivity index (χ0) is 13.2. The summed E-state index contributed by atoms with van der Waals surface area (Å²) < 4.78 is 38.9. The molecular formula is C12H18FN2O2S+. The number of hydrogen-bond donors (Lipinski definition) is 1. The summed E-state index contributed by atoms with van der Waals surface area (Å²) in [6.07, 6.45) is 0. The summed E-state index contributed by atoms with van der Waals surface area (Å²) in [4.78, 5) is 1.59. The van der Waals surface area contributed by atoms with Crippen molar-refractivity contribution in [2.45, 2.75) is 11.8 Å². The van der Waals surface area contributed by atoms with E-state index in [0.29, 0.717) is 13.1 Å². The van der Waals surface area contributed by atoms with E-state index in [2.05, 4.69) is 6.92 Å². The second-order valence-corrected chi connectivity index (χ2v) is 6.40. The van der Waals surface area contributed by atoms with Gasteiger partial charge in [0, 0.05) is 0 Å². The molecule has 0 unspecified atom stereocenters. The van der Waals surface area contributed by atoms with Gasteiger partial charge in [-0.15, -0.1) is 0 Å². The fourth-order valence-corrected chi connectivity index (χ4v) is 3.59. The Balaban J connectivity index is 2.15. The molecule has 1 heterocycles. The highest BCUT2D eigenvalue weighted by Crippen LogP contribution is 2.15. The van der Waals surface area contributed by atoms with Gasteiger partial charge in [-0.3, -0.25) is 0 Å². The molecule has 0 atom stereocenters. The van der Waals surface area contributed by atoms with Crippen LogP contribution in [0.3, 0.4) is 0 Å². The van der Waals surface area contributed by atoms with Crippen LogP contribution in [-0.2, 0) is 10.0 Å². The fourth-order valence-electron chi connectivity index (χ4n) is 2.15.